The molecule has 20 atom stereocenters. The maximum atomic E-state index is 13.7. The largest absolute Gasteiger partial charge is 0.460 e. The topological polar surface area (TPSA) is 256 Å². The van der Waals surface area contributed by atoms with Crippen molar-refractivity contribution in [2.24, 2.45) is 35.5 Å². The van der Waals surface area contributed by atoms with Gasteiger partial charge in [-0.05, 0) is 199 Å². The third-order valence-corrected chi connectivity index (χ3v) is 41.8. The predicted octanol–water partition coefficient (Wildman–Crippen LogP) is 18.7. The quantitative estimate of drug-likeness (QED) is 0.00813. The van der Waals surface area contributed by atoms with Crippen molar-refractivity contribution in [2.75, 3.05) is 37.8 Å². The van der Waals surface area contributed by atoms with E-state index in [9.17, 15) is 36.3 Å². The molecule has 6 aromatic carbocycles. The number of rotatable bonds is 38. The summed E-state index contributed by atoms with van der Waals surface area (Å²) in [6, 6.07) is 60.1. The third-order valence-electron chi connectivity index (χ3n) is 27.6. The normalized spacial score (nSPS) is 26.8. The highest BCUT2D eigenvalue weighted by Gasteiger charge is 2.54. The van der Waals surface area contributed by atoms with E-state index in [0.29, 0.717) is 62.5 Å². The summed E-state index contributed by atoms with van der Waals surface area (Å²) in [5.74, 6) is -1.11. The number of hydrogen-bond donors (Lipinski definition) is 3. The van der Waals surface area contributed by atoms with Crippen LogP contribution in [0.3, 0.4) is 0 Å². The van der Waals surface area contributed by atoms with Crippen LogP contribution >= 0.6 is 11.6 Å². The van der Waals surface area contributed by atoms with E-state index in [4.69, 9.17) is 58.3 Å². The fraction of sp³-hybridized carbons (Fsp3) is 0.557. The van der Waals surface area contributed by atoms with Crippen LogP contribution in [0.25, 0.3) is 0 Å². The van der Waals surface area contributed by atoms with Crippen LogP contribution in [0.5, 0.6) is 0 Å². The number of benzene rings is 6. The molecule has 7 saturated heterocycles. The summed E-state index contributed by atoms with van der Waals surface area (Å²) < 4.78 is 118. The monoisotopic (exact) mass is 1890 g/mol. The molecule has 7 aliphatic heterocycles. The Bertz CT molecular complexity index is 4870. The number of aliphatic hydroxyl groups is 1. The highest BCUT2D eigenvalue weighted by Crippen LogP contribution is 2.46. The Labute approximate surface area is 789 Å². The average molecular weight is 1890 g/mol. The second-order valence-electron chi connectivity index (χ2n) is 40.6. The maximum absolute atomic E-state index is 13.7. The number of esters is 1. The summed E-state index contributed by atoms with van der Waals surface area (Å²) in [5, 5.41) is 21.8. The van der Waals surface area contributed by atoms with Crippen LogP contribution in [0.15, 0.2) is 240 Å². The maximum Gasteiger partial charge on any atom is 0.407 e. The van der Waals surface area contributed by atoms with E-state index in [-0.39, 0.29) is 152 Å². The van der Waals surface area contributed by atoms with Crippen molar-refractivity contribution < 1.29 is 83.1 Å². The van der Waals surface area contributed by atoms with Crippen molar-refractivity contribution >= 4 is 86.8 Å². The Kier molecular flexibility index (Phi) is 36.9. The molecule has 0 unspecified atom stereocenters. The molecule has 20 nitrogen and oxygen atoms in total. The smallest absolute Gasteiger partial charge is 0.407 e. The first kappa shape index (κ1) is 104. The first-order valence-corrected chi connectivity index (χ1v) is 55.1. The zero-order valence-corrected chi connectivity index (χ0v) is 84.2. The van der Waals surface area contributed by atoms with Crippen LogP contribution in [0.4, 0.5) is 9.59 Å². The molecule has 13 rings (SSSR count). The number of alkyl carbamates (subject to hydrolysis) is 2. The molecule has 25 heteroatoms. The number of hydrogen-bond acceptors (Lipinski definition) is 18. The summed E-state index contributed by atoms with van der Waals surface area (Å²) in [6.45, 7) is 48.8. The second kappa shape index (κ2) is 46.4. The molecule has 0 saturated carbocycles. The summed E-state index contributed by atoms with van der Waals surface area (Å²) in [7, 11) is -12.4. The number of carbonyl (C=O) groups is 3. The van der Waals surface area contributed by atoms with E-state index < -0.39 is 60.7 Å². The molecule has 3 N–H and O–H groups in total. The van der Waals surface area contributed by atoms with E-state index in [1.54, 1.807) is 54.6 Å². The minimum atomic E-state index is -3.63. The molecular formula is C106H147ClN2O18S2Si2. The summed E-state index contributed by atoms with van der Waals surface area (Å²) in [4.78, 5) is 34.3. The molecule has 7 fully saturated rings. The lowest BCUT2D eigenvalue weighted by atomic mass is 9.82. The lowest BCUT2D eigenvalue weighted by molar-refractivity contribution is -0.151. The number of sulfone groups is 2. The lowest BCUT2D eigenvalue weighted by Crippen LogP contribution is -2.66. The Morgan fingerprint density at radius 1 is 0.511 bits per heavy atom. The molecule has 0 radical (unpaired) electrons. The fourth-order valence-corrected chi connectivity index (χ4v) is 33.8. The van der Waals surface area contributed by atoms with Crippen molar-refractivity contribution in [2.45, 2.75) is 310 Å². The van der Waals surface area contributed by atoms with E-state index in [1.807, 2.05) is 40.7 Å². The molecule has 6 aromatic rings. The van der Waals surface area contributed by atoms with E-state index in [1.165, 1.54) is 27.7 Å². The van der Waals surface area contributed by atoms with Crippen molar-refractivity contribution in [3.05, 3.63) is 231 Å². The number of halogens is 1. The van der Waals surface area contributed by atoms with E-state index >= 15 is 0 Å². The van der Waals surface area contributed by atoms with Gasteiger partial charge in [0, 0.05) is 63.0 Å². The van der Waals surface area contributed by atoms with Gasteiger partial charge >= 0.3 is 18.2 Å². The second-order valence-corrected chi connectivity index (χ2v) is 53.9. The van der Waals surface area contributed by atoms with Crippen LogP contribution in [-0.2, 0) is 71.2 Å². The van der Waals surface area contributed by atoms with Gasteiger partial charge < -0.3 is 62.5 Å². The standard InChI is InChI=1S/C50H68ClNO8SSi.C50H67NO8SSi.C6H12O2/c1-34(36(3)45(53)31-48-44(33-61(55,56)41-19-11-8-12-20-41)37(4)47(60-48)30-40-32-52-49(54)59-40)28-38(51)25-26-46-35(2)29-39(58-46)18-17-27-57-62(50(5,6)7,42-21-13-9-14-22-42)43-23-15-10-16-24-43;1-34-28-39(25-26-45-35(2)29-38(56-45)18-17-27-55-61(50(5,6)7,42-21-13-9-14-22-42)43-23-15-10-16-24-43)57-47(36(34)3)31-48-44(33-60(53,54)41-19-11-8-12-20-41)37(4)46(59-48)30-40-32-51-49(52)58-40;1-5(7)8-6(2,3)4/h8-16,19-24,34,37-40,44-48,53H,2-3,17-18,25-33H2,1,4-7H3,(H,52,54);8-16,19-24,34,37-40,44-48H,2-3,17-18,25-33H2,1,4-7H3,(H,51,52);1-4H3/t34-,37-,38+,39+,40+,44-,45-,46+,47-,48+;34-,37-,38+,39+,40+,44-,45+,46-,47-,48+;/m11./s1. The van der Waals surface area contributed by atoms with Crippen LogP contribution in [-0.4, -0.2) is 185 Å². The molecule has 131 heavy (non-hydrogen) atoms. The molecule has 716 valence electrons. The number of cyclic esters (lactones) is 2. The van der Waals surface area contributed by atoms with Crippen molar-refractivity contribution in [1.29, 1.82) is 0 Å². The van der Waals surface area contributed by atoms with Crippen molar-refractivity contribution in [1.82, 2.24) is 10.6 Å². The first-order valence-electron chi connectivity index (χ1n) is 47.5. The van der Waals surface area contributed by atoms with Crippen LogP contribution in [0.2, 0.25) is 10.1 Å². The van der Waals surface area contributed by atoms with Gasteiger partial charge in [0.15, 0.2) is 19.7 Å². The minimum absolute atomic E-state index is 0.00547. The first-order chi connectivity index (χ1) is 62.0. The van der Waals surface area contributed by atoms with Gasteiger partial charge in [0.25, 0.3) is 16.6 Å². The number of nitrogens with one attached hydrogen (secondary N) is 2. The zero-order valence-electron chi connectivity index (χ0n) is 79.8. The highest BCUT2D eigenvalue weighted by molar-refractivity contribution is 7.91. The molecular weight excluding hydrogens is 1740 g/mol. The zero-order chi connectivity index (χ0) is 94.8. The molecule has 0 aromatic heterocycles. The SMILES string of the molecule is C=C([C@H](C)C[C@@H](Cl)CC[C@@H]1O[C@@H](CCCO[Si](c2ccccc2)(c2ccccc2)C(C)(C)C)CC1=C)[C@H](O)C[C@@H]1O[C@H](C[C@H]2CNC(=O)O2)[C@H](C)[C@H]1CS(=O)(=O)c1ccccc1.C=C1C[C@H](CCCO[Si](c2ccccc2)(c2ccccc2)C(C)(C)C)O[C@H]1CC[C@H]1C[C@@H](C)C(=C)[C@@H](C[C@@H]2O[C@H](C[C@H]3CNC(=O)O3)[C@H](C)[C@H]2CS(=O)(=O)c2ccccc2)O1.CC(=O)OC(C)(C)C. The predicted molar refractivity (Wildman–Crippen MR) is 525 cm³/mol. The van der Waals surface area contributed by atoms with Gasteiger partial charge in [-0.2, -0.15) is 0 Å². The van der Waals surface area contributed by atoms with Crippen LogP contribution in [0, 0.1) is 35.5 Å². The highest BCUT2D eigenvalue weighted by atomic mass is 35.5. The van der Waals surface area contributed by atoms with E-state index in [0.717, 1.165) is 87.3 Å². The van der Waals surface area contributed by atoms with Gasteiger partial charge in [0.05, 0.1) is 102 Å². The average Bonchev–Trinajstić information content (AvgIpc) is 1.73. The van der Waals surface area contributed by atoms with Gasteiger partial charge in [-0.1, -0.05) is 253 Å². The van der Waals surface area contributed by atoms with Gasteiger partial charge in [-0.3, -0.25) is 4.79 Å². The molecule has 0 bridgehead atoms. The summed E-state index contributed by atoms with van der Waals surface area (Å²) in [6.07, 6.45) is 7.46. The molecule has 7 aliphatic rings. The van der Waals surface area contributed by atoms with E-state index in [2.05, 4.69) is 214 Å². The Hall–Kier alpha value is -7.41. The molecule has 0 spiro atoms. The Morgan fingerprint density at radius 3 is 1.27 bits per heavy atom. The minimum Gasteiger partial charge on any atom is -0.460 e. The lowest BCUT2D eigenvalue weighted by Gasteiger charge is -2.43. The molecule has 0 aliphatic carbocycles. The van der Waals surface area contributed by atoms with Gasteiger partial charge in [-0.15, -0.1) is 11.6 Å². The van der Waals surface area contributed by atoms with Crippen molar-refractivity contribution in [3.8, 4) is 0 Å². The third kappa shape index (κ3) is 27.7. The number of ether oxygens (including phenoxy) is 8. The van der Waals surface area contributed by atoms with Crippen molar-refractivity contribution in [3.63, 3.8) is 0 Å². The number of aliphatic hydroxyl groups excluding tert-OH is 1. The van der Waals surface area contributed by atoms with Crippen LogP contribution < -0.4 is 31.4 Å². The van der Waals surface area contributed by atoms with Gasteiger partial charge in [0.1, 0.15) is 17.8 Å². The Balaban J connectivity index is 0.000000233. The summed E-state index contributed by atoms with van der Waals surface area (Å²) in [5.41, 5.74) is 3.60. The number of carbonyl (C=O) groups excluding carboxylic acids is 3. The van der Waals surface area contributed by atoms with Gasteiger partial charge in [0.2, 0.25) is 0 Å². The fourth-order valence-electron chi connectivity index (χ4n) is 20.6. The Morgan fingerprint density at radius 2 is 0.893 bits per heavy atom. The molecule has 7 heterocycles. The number of amides is 2. The summed E-state index contributed by atoms with van der Waals surface area (Å²) >= 11 is 6.97. The number of alkyl halides is 1. The van der Waals surface area contributed by atoms with Crippen LogP contribution in [0.1, 0.15) is 200 Å². The van der Waals surface area contributed by atoms with Gasteiger partial charge in [-0.25, -0.2) is 26.4 Å². The molecule has 2 amide bonds.